The number of hydrogen-bond acceptors (Lipinski definition) is 0. The Morgan fingerprint density at radius 1 is 0.737 bits per heavy atom. The summed E-state index contributed by atoms with van der Waals surface area (Å²) < 4.78 is 0. The van der Waals surface area contributed by atoms with Crippen molar-refractivity contribution in [1.29, 1.82) is 0 Å². The molecule has 19 heavy (non-hydrogen) atoms. The number of benzene rings is 2. The average molecular weight is 246 g/mol. The van der Waals surface area contributed by atoms with Gasteiger partial charge in [0.05, 0.1) is 0 Å². The van der Waals surface area contributed by atoms with E-state index in [0.29, 0.717) is 0 Å². The lowest BCUT2D eigenvalue weighted by atomic mass is 10.0. The lowest BCUT2D eigenvalue weighted by Gasteiger charge is -1.99. The summed E-state index contributed by atoms with van der Waals surface area (Å²) in [6.07, 6.45) is 4.19. The zero-order valence-corrected chi connectivity index (χ0v) is 10.7. The molecule has 0 amide bonds. The van der Waals surface area contributed by atoms with Crippen LogP contribution in [0.15, 0.2) is 54.9 Å². The predicted octanol–water partition coefficient (Wildman–Crippen LogP) is 4.62. The number of hydrogen-bond donors (Lipinski definition) is 2. The van der Waals surface area contributed by atoms with Crippen LogP contribution in [0.5, 0.6) is 0 Å². The second-order valence-corrected chi connectivity index (χ2v) is 5.00. The van der Waals surface area contributed by atoms with Gasteiger partial charge in [0, 0.05) is 45.3 Å². The molecule has 2 heterocycles. The molecule has 0 fully saturated rings. The quantitative estimate of drug-likeness (QED) is 0.491. The number of rotatable bonds is 1. The highest BCUT2D eigenvalue weighted by atomic mass is 14.7. The fourth-order valence-corrected chi connectivity index (χ4v) is 2.75. The molecule has 2 N–H and O–H groups in total. The van der Waals surface area contributed by atoms with Crippen molar-refractivity contribution in [3.8, 4) is 11.1 Å². The maximum Gasteiger partial charge on any atom is 0.0460 e. The van der Waals surface area contributed by atoms with Crippen LogP contribution < -0.4 is 0 Å². The van der Waals surface area contributed by atoms with E-state index in [1.165, 1.54) is 38.5 Å². The second kappa shape index (κ2) is 3.75. The molecule has 0 spiro atoms. The molecule has 0 aliphatic carbocycles. The van der Waals surface area contributed by atoms with Crippen LogP contribution in [-0.4, -0.2) is 9.97 Å². The average Bonchev–Trinajstić information content (AvgIpc) is 3.01. The van der Waals surface area contributed by atoms with Gasteiger partial charge in [-0.15, -0.1) is 0 Å². The fraction of sp³-hybridized carbons (Fsp3) is 0.0588. The Morgan fingerprint density at radius 3 is 2.26 bits per heavy atom. The van der Waals surface area contributed by atoms with Crippen LogP contribution in [0.1, 0.15) is 5.56 Å². The topological polar surface area (TPSA) is 31.6 Å². The van der Waals surface area contributed by atoms with E-state index in [9.17, 15) is 0 Å². The van der Waals surface area contributed by atoms with Crippen molar-refractivity contribution >= 4 is 21.8 Å². The summed E-state index contributed by atoms with van der Waals surface area (Å²) in [5.41, 5.74) is 6.17. The molecule has 0 atom stereocenters. The number of aromatic nitrogens is 2. The SMILES string of the molecule is Cc1ccc2[nH]cc(-c3c[nH]c4ccccc34)c2c1. The maximum atomic E-state index is 3.35. The van der Waals surface area contributed by atoms with Crippen molar-refractivity contribution in [2.45, 2.75) is 6.92 Å². The molecule has 2 heteroatoms. The van der Waals surface area contributed by atoms with Crippen LogP contribution in [0.4, 0.5) is 0 Å². The summed E-state index contributed by atoms with van der Waals surface area (Å²) in [7, 11) is 0. The van der Waals surface area contributed by atoms with E-state index in [0.717, 1.165) is 0 Å². The predicted molar refractivity (Wildman–Crippen MR) is 80.3 cm³/mol. The minimum absolute atomic E-state index is 1.18. The van der Waals surface area contributed by atoms with Crippen molar-refractivity contribution in [2.24, 2.45) is 0 Å². The molecular weight excluding hydrogens is 232 g/mol. The van der Waals surface area contributed by atoms with Gasteiger partial charge in [-0.2, -0.15) is 0 Å². The van der Waals surface area contributed by atoms with Gasteiger partial charge in [0.1, 0.15) is 0 Å². The van der Waals surface area contributed by atoms with Crippen LogP contribution in [0.25, 0.3) is 32.9 Å². The number of fused-ring (bicyclic) bond motifs is 2. The van der Waals surface area contributed by atoms with Crippen molar-refractivity contribution in [3.05, 3.63) is 60.4 Å². The van der Waals surface area contributed by atoms with E-state index in [1.54, 1.807) is 0 Å². The molecule has 2 aromatic heterocycles. The van der Waals surface area contributed by atoms with Crippen molar-refractivity contribution in [1.82, 2.24) is 9.97 Å². The Kier molecular flexibility index (Phi) is 2.06. The summed E-state index contributed by atoms with van der Waals surface area (Å²) in [6, 6.07) is 14.9. The van der Waals surface area contributed by atoms with E-state index < -0.39 is 0 Å². The Labute approximate surface area is 111 Å². The normalized spacial score (nSPS) is 11.4. The van der Waals surface area contributed by atoms with Crippen molar-refractivity contribution < 1.29 is 0 Å². The molecule has 0 bridgehead atoms. The van der Waals surface area contributed by atoms with Gasteiger partial charge in [-0.25, -0.2) is 0 Å². The van der Waals surface area contributed by atoms with Gasteiger partial charge < -0.3 is 9.97 Å². The summed E-state index contributed by atoms with van der Waals surface area (Å²) >= 11 is 0. The van der Waals surface area contributed by atoms with Gasteiger partial charge in [0.15, 0.2) is 0 Å². The van der Waals surface area contributed by atoms with Gasteiger partial charge in [0.25, 0.3) is 0 Å². The lowest BCUT2D eigenvalue weighted by molar-refractivity contribution is 1.45. The highest BCUT2D eigenvalue weighted by Crippen LogP contribution is 2.34. The van der Waals surface area contributed by atoms with Gasteiger partial charge in [0.2, 0.25) is 0 Å². The third-order valence-corrected chi connectivity index (χ3v) is 3.72. The molecule has 0 unspecified atom stereocenters. The van der Waals surface area contributed by atoms with Crippen molar-refractivity contribution in [3.63, 3.8) is 0 Å². The highest BCUT2D eigenvalue weighted by Gasteiger charge is 2.10. The third kappa shape index (κ3) is 1.50. The van der Waals surface area contributed by atoms with Crippen LogP contribution in [-0.2, 0) is 0 Å². The standard InChI is InChI=1S/C17H14N2/c1-11-6-7-17-13(8-11)15(10-19-17)14-9-18-16-5-3-2-4-12(14)16/h2-10,18-19H,1H3. The molecule has 2 aromatic carbocycles. The molecular formula is C17H14N2. The number of nitrogens with one attached hydrogen (secondary N) is 2. The van der Waals surface area contributed by atoms with E-state index >= 15 is 0 Å². The van der Waals surface area contributed by atoms with Crippen LogP contribution in [0.3, 0.4) is 0 Å². The minimum atomic E-state index is 1.18. The Balaban J connectivity index is 2.06. The van der Waals surface area contributed by atoms with Gasteiger partial charge in [-0.3, -0.25) is 0 Å². The van der Waals surface area contributed by atoms with Gasteiger partial charge in [-0.05, 0) is 25.1 Å². The number of aromatic amines is 2. The molecule has 4 aromatic rings. The summed E-state index contributed by atoms with van der Waals surface area (Å²) in [6.45, 7) is 2.13. The molecule has 0 saturated heterocycles. The Hall–Kier alpha value is -2.48. The van der Waals surface area contributed by atoms with E-state index in [-0.39, 0.29) is 0 Å². The largest absolute Gasteiger partial charge is 0.361 e. The third-order valence-electron chi connectivity index (χ3n) is 3.72. The first-order valence-corrected chi connectivity index (χ1v) is 6.47. The second-order valence-electron chi connectivity index (χ2n) is 5.00. The van der Waals surface area contributed by atoms with Crippen LogP contribution in [0.2, 0.25) is 0 Å². The van der Waals surface area contributed by atoms with E-state index in [2.05, 4.69) is 71.7 Å². The molecule has 0 saturated carbocycles. The zero-order chi connectivity index (χ0) is 12.8. The smallest absolute Gasteiger partial charge is 0.0460 e. The first kappa shape index (κ1) is 10.4. The monoisotopic (exact) mass is 246 g/mol. The lowest BCUT2D eigenvalue weighted by Crippen LogP contribution is -1.75. The van der Waals surface area contributed by atoms with Crippen LogP contribution >= 0.6 is 0 Å². The number of para-hydroxylation sites is 1. The highest BCUT2D eigenvalue weighted by molar-refractivity contribution is 6.04. The molecule has 0 radical (unpaired) electrons. The van der Waals surface area contributed by atoms with Gasteiger partial charge in [-0.1, -0.05) is 29.8 Å². The molecule has 4 rings (SSSR count). The maximum absolute atomic E-state index is 3.35. The molecule has 2 nitrogen and oxygen atoms in total. The first-order chi connectivity index (χ1) is 9.33. The number of aryl methyl sites for hydroxylation is 1. The minimum Gasteiger partial charge on any atom is -0.361 e. The first-order valence-electron chi connectivity index (χ1n) is 6.47. The van der Waals surface area contributed by atoms with E-state index in [1.807, 2.05) is 0 Å². The molecule has 0 aliphatic heterocycles. The van der Waals surface area contributed by atoms with Crippen molar-refractivity contribution in [2.75, 3.05) is 0 Å². The van der Waals surface area contributed by atoms with Gasteiger partial charge >= 0.3 is 0 Å². The summed E-state index contributed by atoms with van der Waals surface area (Å²) in [5, 5.41) is 2.55. The number of H-pyrrole nitrogens is 2. The Morgan fingerprint density at radius 2 is 1.42 bits per heavy atom. The molecule has 92 valence electrons. The summed E-state index contributed by atoms with van der Waals surface area (Å²) in [4.78, 5) is 6.70. The molecule has 0 aliphatic rings. The van der Waals surface area contributed by atoms with E-state index in [4.69, 9.17) is 0 Å². The van der Waals surface area contributed by atoms with Crippen LogP contribution in [0, 0.1) is 6.92 Å². The fourth-order valence-electron chi connectivity index (χ4n) is 2.75. The summed E-state index contributed by atoms with van der Waals surface area (Å²) in [5.74, 6) is 0. The zero-order valence-electron chi connectivity index (χ0n) is 10.7. The Bertz CT molecular complexity index is 880.